The highest BCUT2D eigenvalue weighted by Crippen LogP contribution is 2.32. The lowest BCUT2D eigenvalue weighted by Gasteiger charge is -2.07. The fourth-order valence-corrected chi connectivity index (χ4v) is 5.17. The first-order chi connectivity index (χ1) is 14.1. The number of fused-ring (bicyclic) bond motifs is 1. The molecule has 0 bridgehead atoms. The molecule has 0 aliphatic rings. The number of amides is 1. The second-order valence-electron chi connectivity index (χ2n) is 6.89. The Morgan fingerprint density at radius 3 is 2.63 bits per heavy atom. The lowest BCUT2D eigenvalue weighted by Crippen LogP contribution is -2.09. The average Bonchev–Trinajstić information content (AvgIpc) is 3.32. The van der Waals surface area contributed by atoms with E-state index in [1.165, 1.54) is 28.7 Å². The molecule has 156 valence electrons. The molecule has 0 atom stereocenters. The first-order valence-electron chi connectivity index (χ1n) is 8.99. The number of rotatable bonds is 4. The number of carbonyl (C=O) groups excluding carboxylic acids is 1. The zero-order valence-electron chi connectivity index (χ0n) is 16.3. The smallest absolute Gasteiger partial charge is 0.311 e. The highest BCUT2D eigenvalue weighted by molar-refractivity contribution is 7.20. The molecule has 1 N–H and O–H groups in total. The van der Waals surface area contributed by atoms with E-state index in [1.54, 1.807) is 17.7 Å². The topological polar surface area (TPSA) is 59.8 Å². The molecular formula is C20H17F3N4OS2. The van der Waals surface area contributed by atoms with Crippen molar-refractivity contribution in [3.8, 4) is 0 Å². The van der Waals surface area contributed by atoms with Crippen LogP contribution in [0.1, 0.15) is 37.2 Å². The second-order valence-corrected chi connectivity index (χ2v) is 9.00. The molecule has 3 heterocycles. The zero-order valence-corrected chi connectivity index (χ0v) is 17.9. The molecule has 30 heavy (non-hydrogen) atoms. The van der Waals surface area contributed by atoms with Gasteiger partial charge in [-0.2, -0.15) is 18.3 Å². The van der Waals surface area contributed by atoms with E-state index < -0.39 is 11.7 Å². The van der Waals surface area contributed by atoms with E-state index >= 15 is 0 Å². The highest BCUT2D eigenvalue weighted by atomic mass is 32.1. The summed E-state index contributed by atoms with van der Waals surface area (Å²) >= 11 is 2.63. The van der Waals surface area contributed by atoms with Gasteiger partial charge < -0.3 is 5.32 Å². The molecule has 0 saturated heterocycles. The molecule has 0 spiro atoms. The van der Waals surface area contributed by atoms with E-state index in [9.17, 15) is 18.0 Å². The van der Waals surface area contributed by atoms with Crippen molar-refractivity contribution in [1.82, 2.24) is 14.8 Å². The maximum atomic E-state index is 12.9. The fourth-order valence-electron chi connectivity index (χ4n) is 3.16. The molecule has 1 aromatic carbocycles. The predicted molar refractivity (Wildman–Crippen MR) is 112 cm³/mol. The number of anilines is 1. The van der Waals surface area contributed by atoms with Gasteiger partial charge in [0, 0.05) is 18.9 Å². The third-order valence-corrected chi connectivity index (χ3v) is 6.87. The van der Waals surface area contributed by atoms with Crippen molar-refractivity contribution >= 4 is 43.8 Å². The van der Waals surface area contributed by atoms with Crippen LogP contribution in [0.4, 0.5) is 18.2 Å². The maximum Gasteiger partial charge on any atom is 0.416 e. The third-order valence-electron chi connectivity index (χ3n) is 4.60. The highest BCUT2D eigenvalue weighted by Gasteiger charge is 2.30. The average molecular weight is 451 g/mol. The summed E-state index contributed by atoms with van der Waals surface area (Å²) in [5, 5.41) is 9.38. The number of thiazole rings is 1. The molecule has 0 fully saturated rings. The Hall–Kier alpha value is -2.72. The van der Waals surface area contributed by atoms with Crippen molar-refractivity contribution in [2.24, 2.45) is 7.05 Å². The van der Waals surface area contributed by atoms with E-state index in [0.717, 1.165) is 28.0 Å². The third kappa shape index (κ3) is 3.97. The Labute approximate surface area is 178 Å². The largest absolute Gasteiger partial charge is 0.416 e. The van der Waals surface area contributed by atoms with Crippen LogP contribution in [0.5, 0.6) is 0 Å². The molecule has 0 radical (unpaired) electrons. The van der Waals surface area contributed by atoms with Crippen LogP contribution in [0.3, 0.4) is 0 Å². The van der Waals surface area contributed by atoms with Crippen molar-refractivity contribution in [3.63, 3.8) is 0 Å². The first-order valence-corrected chi connectivity index (χ1v) is 10.6. The number of nitrogens with one attached hydrogen (secondary N) is 1. The summed E-state index contributed by atoms with van der Waals surface area (Å²) in [7, 11) is 1.83. The molecular weight excluding hydrogens is 433 g/mol. The number of benzene rings is 1. The Morgan fingerprint density at radius 2 is 1.93 bits per heavy atom. The fraction of sp³-hybridized carbons (Fsp3) is 0.250. The number of thiophene rings is 1. The van der Waals surface area contributed by atoms with Crippen molar-refractivity contribution in [3.05, 3.63) is 62.7 Å². The van der Waals surface area contributed by atoms with Gasteiger partial charge in [0.05, 0.1) is 26.8 Å². The van der Waals surface area contributed by atoms with Gasteiger partial charge in [0.2, 0.25) is 0 Å². The summed E-state index contributed by atoms with van der Waals surface area (Å²) < 4.78 is 40.5. The van der Waals surface area contributed by atoms with Gasteiger partial charge in [-0.05, 0) is 31.5 Å². The standard InChI is InChI=1S/C20H17F3N4OS2/c1-10-14-9-15(29-19(14)27(3)26-10)17(28)25-18-11(2)24-16(30-18)8-12-5-4-6-13(7-12)20(21,22)23/h4-7,9H,8H2,1-3H3,(H,25,28). The van der Waals surface area contributed by atoms with Gasteiger partial charge in [0.1, 0.15) is 9.83 Å². The molecule has 1 amide bonds. The van der Waals surface area contributed by atoms with Gasteiger partial charge in [-0.25, -0.2) is 4.98 Å². The number of halogens is 3. The van der Waals surface area contributed by atoms with Crippen LogP contribution in [0.15, 0.2) is 30.3 Å². The van der Waals surface area contributed by atoms with Gasteiger partial charge in [-0.15, -0.1) is 22.7 Å². The summed E-state index contributed by atoms with van der Waals surface area (Å²) in [6.45, 7) is 3.66. The quantitative estimate of drug-likeness (QED) is 0.442. The summed E-state index contributed by atoms with van der Waals surface area (Å²) in [5.74, 6) is -0.243. The predicted octanol–water partition coefficient (Wildman–Crippen LogP) is 5.57. The van der Waals surface area contributed by atoms with Gasteiger partial charge in [0.25, 0.3) is 5.91 Å². The summed E-state index contributed by atoms with van der Waals surface area (Å²) in [5.41, 5.74) is 1.33. The molecule has 4 rings (SSSR count). The lowest BCUT2D eigenvalue weighted by atomic mass is 10.1. The van der Waals surface area contributed by atoms with Gasteiger partial charge in [0.15, 0.2) is 0 Å². The summed E-state index contributed by atoms with van der Waals surface area (Å²) in [6, 6.07) is 7.02. The minimum atomic E-state index is -4.38. The van der Waals surface area contributed by atoms with Crippen LogP contribution in [0.25, 0.3) is 10.2 Å². The molecule has 0 saturated carbocycles. The van der Waals surface area contributed by atoms with Crippen molar-refractivity contribution in [2.75, 3.05) is 5.32 Å². The van der Waals surface area contributed by atoms with E-state index in [1.807, 2.05) is 20.0 Å². The molecule has 10 heteroatoms. The van der Waals surface area contributed by atoms with Crippen LogP contribution < -0.4 is 5.32 Å². The van der Waals surface area contributed by atoms with Gasteiger partial charge in [-0.1, -0.05) is 18.2 Å². The molecule has 0 unspecified atom stereocenters. The summed E-state index contributed by atoms with van der Waals surface area (Å²) in [4.78, 5) is 18.6. The summed E-state index contributed by atoms with van der Waals surface area (Å²) in [6.07, 6.45) is -4.12. The van der Waals surface area contributed by atoms with Crippen LogP contribution >= 0.6 is 22.7 Å². The van der Waals surface area contributed by atoms with E-state index in [0.29, 0.717) is 26.1 Å². The second kappa shape index (κ2) is 7.51. The van der Waals surface area contributed by atoms with E-state index in [2.05, 4.69) is 15.4 Å². The monoisotopic (exact) mass is 450 g/mol. The SMILES string of the molecule is Cc1nc(Cc2cccc(C(F)(F)F)c2)sc1NC(=O)c1cc2c(C)nn(C)c2s1. The normalized spacial score (nSPS) is 11.9. The number of nitrogens with zero attached hydrogens (tertiary/aromatic N) is 3. The maximum absolute atomic E-state index is 12.9. The van der Waals surface area contributed by atoms with Gasteiger partial charge >= 0.3 is 6.18 Å². The van der Waals surface area contributed by atoms with Crippen LogP contribution in [0, 0.1) is 13.8 Å². The Morgan fingerprint density at radius 1 is 1.17 bits per heavy atom. The minimum Gasteiger partial charge on any atom is -0.311 e. The number of aromatic nitrogens is 3. The first kappa shape index (κ1) is 20.5. The molecule has 4 aromatic rings. The van der Waals surface area contributed by atoms with Gasteiger partial charge in [-0.3, -0.25) is 9.48 Å². The Balaban J connectivity index is 1.52. The van der Waals surface area contributed by atoms with E-state index in [-0.39, 0.29) is 12.3 Å². The van der Waals surface area contributed by atoms with Crippen LogP contribution in [-0.2, 0) is 19.6 Å². The van der Waals surface area contributed by atoms with E-state index in [4.69, 9.17) is 0 Å². The molecule has 3 aromatic heterocycles. The minimum absolute atomic E-state index is 0.243. The van der Waals surface area contributed by atoms with Crippen LogP contribution in [0.2, 0.25) is 0 Å². The zero-order chi connectivity index (χ0) is 21.6. The Bertz CT molecular complexity index is 1220. The number of hydrogen-bond acceptors (Lipinski definition) is 5. The molecule has 0 aliphatic heterocycles. The Kier molecular flexibility index (Phi) is 5.15. The van der Waals surface area contributed by atoms with Crippen molar-refractivity contribution in [2.45, 2.75) is 26.4 Å². The number of carbonyl (C=O) groups is 1. The van der Waals surface area contributed by atoms with Crippen LogP contribution in [-0.4, -0.2) is 20.7 Å². The number of hydrogen-bond donors (Lipinski definition) is 1. The lowest BCUT2D eigenvalue weighted by molar-refractivity contribution is -0.137. The molecule has 5 nitrogen and oxygen atoms in total. The van der Waals surface area contributed by atoms with Crippen molar-refractivity contribution in [1.29, 1.82) is 0 Å². The number of alkyl halides is 3. The molecule has 0 aliphatic carbocycles. The number of aryl methyl sites for hydroxylation is 3. The van der Waals surface area contributed by atoms with Crippen molar-refractivity contribution < 1.29 is 18.0 Å².